The zero-order chi connectivity index (χ0) is 22.8. The summed E-state index contributed by atoms with van der Waals surface area (Å²) in [6.07, 6.45) is -6.09. The average Bonchev–Trinajstić information content (AvgIpc) is 2.66. The minimum absolute atomic E-state index is 0.0183. The number of amides is 2. The van der Waals surface area contributed by atoms with Gasteiger partial charge in [0.25, 0.3) is 0 Å². The van der Waals surface area contributed by atoms with Crippen LogP contribution in [0.25, 0.3) is 5.57 Å². The van der Waals surface area contributed by atoms with E-state index in [0.29, 0.717) is 5.56 Å². The molecule has 0 spiro atoms. The number of nitrogens with one attached hydrogen (secondary N) is 1. The van der Waals surface area contributed by atoms with Gasteiger partial charge in [-0.1, -0.05) is 48.0 Å². The van der Waals surface area contributed by atoms with Crippen molar-refractivity contribution < 1.29 is 37.0 Å². The van der Waals surface area contributed by atoms with Gasteiger partial charge in [0.15, 0.2) is 5.06 Å². The molecule has 0 radical (unpaired) electrons. The fourth-order valence-electron chi connectivity index (χ4n) is 3.64. The maximum Gasteiger partial charge on any atom is 0.524 e. The molecule has 1 unspecified atom stereocenters. The first-order valence-electron chi connectivity index (χ1n) is 9.35. The first-order valence-corrected chi connectivity index (χ1v) is 9.73. The second-order valence-electron chi connectivity index (χ2n) is 7.19. The Morgan fingerprint density at radius 3 is 2.52 bits per heavy atom. The molecule has 11 heteroatoms. The number of carboxylic acid groups (broad SMARTS) is 1. The van der Waals surface area contributed by atoms with Crippen LogP contribution < -0.4 is 5.32 Å². The number of carbonyl (C=O) groups is 2. The normalized spacial score (nSPS) is 26.7. The number of ether oxygens (including phenoxy) is 1. The molecule has 2 amide bonds. The molecule has 31 heavy (non-hydrogen) atoms. The van der Waals surface area contributed by atoms with Crippen molar-refractivity contribution in [1.29, 1.82) is 0 Å². The summed E-state index contributed by atoms with van der Waals surface area (Å²) < 4.78 is 57.2. The monoisotopic (exact) mass is 462 g/mol. The number of rotatable bonds is 4. The van der Waals surface area contributed by atoms with Crippen LogP contribution in [0.1, 0.15) is 24.8 Å². The molecular formula is C20H19ClF4N2O4. The highest BCUT2D eigenvalue weighted by molar-refractivity contribution is 6.29. The fraction of sp³-hybridized carbons (Fsp3) is 0.400. The molecule has 0 saturated carbocycles. The van der Waals surface area contributed by atoms with Gasteiger partial charge in [-0.15, -0.1) is 13.2 Å². The van der Waals surface area contributed by atoms with Crippen molar-refractivity contribution in [1.82, 2.24) is 10.2 Å². The van der Waals surface area contributed by atoms with Gasteiger partial charge in [-0.2, -0.15) is 0 Å². The molecule has 1 aliphatic heterocycles. The zero-order valence-electron chi connectivity index (χ0n) is 16.0. The Balaban J connectivity index is 1.86. The van der Waals surface area contributed by atoms with Crippen LogP contribution in [-0.4, -0.2) is 52.2 Å². The lowest BCUT2D eigenvalue weighted by atomic mass is 9.92. The number of allylic oxidation sites excluding steroid dienone is 2. The van der Waals surface area contributed by atoms with Gasteiger partial charge in [-0.25, -0.2) is 9.18 Å². The summed E-state index contributed by atoms with van der Waals surface area (Å²) in [5, 5.41) is 9.27. The molecule has 0 aromatic heterocycles. The van der Waals surface area contributed by atoms with Crippen molar-refractivity contribution in [3.8, 4) is 0 Å². The number of carbonyl (C=O) groups excluding carboxylic acids is 1. The molecular weight excluding hydrogens is 444 g/mol. The molecule has 3 atom stereocenters. The second-order valence-corrected chi connectivity index (χ2v) is 7.80. The van der Waals surface area contributed by atoms with Crippen LogP contribution in [0.2, 0.25) is 0 Å². The van der Waals surface area contributed by atoms with E-state index in [4.69, 9.17) is 11.6 Å². The highest BCUT2D eigenvalue weighted by Crippen LogP contribution is 2.45. The molecule has 1 saturated heterocycles. The first kappa shape index (κ1) is 23.1. The zero-order valence-corrected chi connectivity index (χ0v) is 16.8. The standard InChI is InChI=1S/C20H19ClF4N2O4/c21-19(31-20(23,24)25)11-14(6-7-15(19)12-4-2-1-3-5-12)26-17(28)16-10-13(22)8-9-27(16)18(29)30/h1-7,13,16H,8-11H2,(H,26,28)(H,29,30)/t13-,16-,19?/m1/s1. The summed E-state index contributed by atoms with van der Waals surface area (Å²) in [7, 11) is 0. The van der Waals surface area contributed by atoms with Gasteiger partial charge in [0.05, 0.1) is 0 Å². The van der Waals surface area contributed by atoms with E-state index in [2.05, 4.69) is 10.1 Å². The predicted molar refractivity (Wildman–Crippen MR) is 104 cm³/mol. The van der Waals surface area contributed by atoms with Gasteiger partial charge >= 0.3 is 12.5 Å². The molecule has 1 aliphatic carbocycles. The lowest BCUT2D eigenvalue weighted by Gasteiger charge is -2.36. The van der Waals surface area contributed by atoms with Crippen LogP contribution in [0.3, 0.4) is 0 Å². The maximum atomic E-state index is 13.8. The van der Waals surface area contributed by atoms with E-state index in [9.17, 15) is 32.3 Å². The topological polar surface area (TPSA) is 78.9 Å². The molecule has 2 N–H and O–H groups in total. The number of nitrogens with zero attached hydrogens (tertiary/aromatic N) is 1. The first-order chi connectivity index (χ1) is 14.5. The van der Waals surface area contributed by atoms with Gasteiger partial charge in [0.1, 0.15) is 12.2 Å². The third-order valence-corrected chi connectivity index (χ3v) is 5.42. The smallest absolute Gasteiger partial charge is 0.465 e. The van der Waals surface area contributed by atoms with E-state index >= 15 is 0 Å². The molecule has 1 heterocycles. The van der Waals surface area contributed by atoms with Crippen LogP contribution in [-0.2, 0) is 9.53 Å². The highest BCUT2D eigenvalue weighted by atomic mass is 35.5. The number of halogens is 5. The highest BCUT2D eigenvalue weighted by Gasteiger charge is 2.47. The Morgan fingerprint density at radius 1 is 1.23 bits per heavy atom. The van der Waals surface area contributed by atoms with Crippen molar-refractivity contribution in [2.45, 2.75) is 42.9 Å². The third-order valence-electron chi connectivity index (χ3n) is 5.00. The average molecular weight is 463 g/mol. The Kier molecular flexibility index (Phi) is 6.61. The van der Waals surface area contributed by atoms with Gasteiger partial charge in [0, 0.05) is 30.7 Å². The van der Waals surface area contributed by atoms with E-state index in [-0.39, 0.29) is 30.7 Å². The number of likely N-dealkylation sites (tertiary alicyclic amines) is 1. The van der Waals surface area contributed by atoms with Gasteiger partial charge < -0.3 is 10.4 Å². The summed E-state index contributed by atoms with van der Waals surface area (Å²) in [5.41, 5.74) is 0.418. The van der Waals surface area contributed by atoms with E-state index < -0.39 is 42.1 Å². The quantitative estimate of drug-likeness (QED) is 0.512. The van der Waals surface area contributed by atoms with Crippen molar-refractivity contribution >= 4 is 29.2 Å². The molecule has 3 rings (SSSR count). The maximum absolute atomic E-state index is 13.8. The minimum Gasteiger partial charge on any atom is -0.465 e. The van der Waals surface area contributed by atoms with Crippen molar-refractivity contribution in [3.05, 3.63) is 53.7 Å². The molecule has 1 aromatic carbocycles. The number of hydrogen-bond donors (Lipinski definition) is 2. The van der Waals surface area contributed by atoms with Gasteiger partial charge in [-0.3, -0.25) is 14.4 Å². The van der Waals surface area contributed by atoms with Crippen LogP contribution in [0.4, 0.5) is 22.4 Å². The largest absolute Gasteiger partial charge is 0.524 e. The lowest BCUT2D eigenvalue weighted by Crippen LogP contribution is -2.54. The fourth-order valence-corrected chi connectivity index (χ4v) is 4.04. The van der Waals surface area contributed by atoms with Crippen LogP contribution in [0, 0.1) is 0 Å². The van der Waals surface area contributed by atoms with Crippen molar-refractivity contribution in [2.24, 2.45) is 0 Å². The molecule has 6 nitrogen and oxygen atoms in total. The molecule has 168 valence electrons. The number of alkyl halides is 5. The Morgan fingerprint density at radius 2 is 1.90 bits per heavy atom. The summed E-state index contributed by atoms with van der Waals surface area (Å²) in [4.78, 5) is 24.8. The summed E-state index contributed by atoms with van der Waals surface area (Å²) >= 11 is 6.26. The van der Waals surface area contributed by atoms with Gasteiger partial charge in [0.2, 0.25) is 5.91 Å². The molecule has 2 aliphatic rings. The Labute approximate surface area is 180 Å². The van der Waals surface area contributed by atoms with E-state index in [0.717, 1.165) is 4.90 Å². The van der Waals surface area contributed by atoms with Crippen LogP contribution in [0.5, 0.6) is 0 Å². The molecule has 1 fully saturated rings. The summed E-state index contributed by atoms with van der Waals surface area (Å²) in [6, 6.07) is 6.75. The van der Waals surface area contributed by atoms with Crippen LogP contribution in [0.15, 0.2) is 48.2 Å². The SMILES string of the molecule is O=C(NC1=CC=C(c2ccccc2)C(Cl)(OC(F)(F)F)C1)[C@H]1C[C@H](F)CCN1C(=O)O. The van der Waals surface area contributed by atoms with Gasteiger partial charge in [-0.05, 0) is 18.1 Å². The van der Waals surface area contributed by atoms with E-state index in [1.807, 2.05) is 0 Å². The van der Waals surface area contributed by atoms with E-state index in [1.165, 1.54) is 12.2 Å². The minimum atomic E-state index is -5.06. The number of hydrogen-bond acceptors (Lipinski definition) is 3. The summed E-state index contributed by atoms with van der Waals surface area (Å²) in [6.45, 7) is -0.164. The Bertz CT molecular complexity index is 906. The second kappa shape index (κ2) is 8.88. The summed E-state index contributed by atoms with van der Waals surface area (Å²) in [5.74, 6) is -0.849. The third kappa shape index (κ3) is 5.56. The van der Waals surface area contributed by atoms with Crippen molar-refractivity contribution in [2.75, 3.05) is 6.54 Å². The predicted octanol–water partition coefficient (Wildman–Crippen LogP) is 4.43. The van der Waals surface area contributed by atoms with Crippen LogP contribution >= 0.6 is 11.6 Å². The number of piperidine rings is 1. The Hall–Kier alpha value is -2.59. The van der Waals surface area contributed by atoms with Crippen molar-refractivity contribution in [3.63, 3.8) is 0 Å². The molecule has 1 aromatic rings. The molecule has 0 bridgehead atoms. The number of benzene rings is 1. The lowest BCUT2D eigenvalue weighted by molar-refractivity contribution is -0.342. The van der Waals surface area contributed by atoms with E-state index in [1.54, 1.807) is 30.3 Å².